The molecule has 3 saturated carbocycles. The Hall–Kier alpha value is -1.06. The first-order valence-electron chi connectivity index (χ1n) is 12.1. The molecule has 28 heavy (non-hydrogen) atoms. The van der Waals surface area contributed by atoms with Crippen molar-refractivity contribution in [2.75, 3.05) is 13.2 Å². The molecule has 3 fully saturated rings. The monoisotopic (exact) mass is 392 g/mol. The van der Waals surface area contributed by atoms with Crippen LogP contribution >= 0.6 is 0 Å². The topological polar surface area (TPSA) is 52.6 Å². The lowest BCUT2D eigenvalue weighted by atomic mass is 9.82. The van der Waals surface area contributed by atoms with Crippen molar-refractivity contribution in [1.29, 1.82) is 0 Å². The van der Waals surface area contributed by atoms with Gasteiger partial charge in [0.05, 0.1) is 25.0 Å². The van der Waals surface area contributed by atoms with Crippen molar-refractivity contribution < 1.29 is 19.1 Å². The third-order valence-electron chi connectivity index (χ3n) is 7.38. The summed E-state index contributed by atoms with van der Waals surface area (Å²) in [5.74, 6) is 1.39. The quantitative estimate of drug-likeness (QED) is 0.488. The van der Waals surface area contributed by atoms with Gasteiger partial charge in [-0.2, -0.15) is 0 Å². The van der Waals surface area contributed by atoms with Crippen molar-refractivity contribution in [2.45, 2.75) is 103 Å². The molecule has 0 atom stereocenters. The van der Waals surface area contributed by atoms with Crippen molar-refractivity contribution in [3.05, 3.63) is 0 Å². The normalized spacial score (nSPS) is 27.3. The Kier molecular flexibility index (Phi) is 9.14. The van der Waals surface area contributed by atoms with Crippen LogP contribution in [-0.4, -0.2) is 25.2 Å². The molecular formula is C24H40O4. The molecule has 0 aliphatic heterocycles. The molecule has 3 rings (SSSR count). The van der Waals surface area contributed by atoms with Crippen molar-refractivity contribution in [3.63, 3.8) is 0 Å². The molecule has 0 saturated heterocycles. The highest BCUT2D eigenvalue weighted by atomic mass is 16.5. The van der Waals surface area contributed by atoms with Gasteiger partial charge in [0, 0.05) is 0 Å². The summed E-state index contributed by atoms with van der Waals surface area (Å²) in [5.41, 5.74) is 0. The first-order valence-corrected chi connectivity index (χ1v) is 12.1. The summed E-state index contributed by atoms with van der Waals surface area (Å²) in [6.07, 6.45) is 18.4. The average Bonchev–Trinajstić information content (AvgIpc) is 2.75. The Bertz CT molecular complexity index is 425. The van der Waals surface area contributed by atoms with Gasteiger partial charge in [-0.3, -0.25) is 9.59 Å². The summed E-state index contributed by atoms with van der Waals surface area (Å²) in [5, 5.41) is 0. The molecule has 3 aliphatic rings. The van der Waals surface area contributed by atoms with Crippen LogP contribution in [0.25, 0.3) is 0 Å². The third-order valence-corrected chi connectivity index (χ3v) is 7.38. The minimum absolute atomic E-state index is 0.0161. The maximum atomic E-state index is 12.3. The van der Waals surface area contributed by atoms with Crippen molar-refractivity contribution in [3.8, 4) is 0 Å². The van der Waals surface area contributed by atoms with Gasteiger partial charge in [-0.25, -0.2) is 0 Å². The fraction of sp³-hybridized carbons (Fsp3) is 0.917. The highest BCUT2D eigenvalue weighted by molar-refractivity contribution is 5.75. The van der Waals surface area contributed by atoms with Crippen LogP contribution in [0.15, 0.2) is 0 Å². The van der Waals surface area contributed by atoms with Gasteiger partial charge >= 0.3 is 11.9 Å². The summed E-state index contributed by atoms with van der Waals surface area (Å²) >= 11 is 0. The first kappa shape index (κ1) is 21.6. The zero-order valence-corrected chi connectivity index (χ0v) is 17.7. The van der Waals surface area contributed by atoms with Crippen LogP contribution < -0.4 is 0 Å². The zero-order chi connectivity index (χ0) is 19.6. The van der Waals surface area contributed by atoms with Gasteiger partial charge in [-0.05, 0) is 50.4 Å². The Morgan fingerprint density at radius 1 is 0.536 bits per heavy atom. The summed E-state index contributed by atoms with van der Waals surface area (Å²) < 4.78 is 11.1. The summed E-state index contributed by atoms with van der Waals surface area (Å²) in [6.45, 7) is 1.15. The summed E-state index contributed by atoms with van der Waals surface area (Å²) in [4.78, 5) is 24.6. The van der Waals surface area contributed by atoms with E-state index in [-0.39, 0.29) is 23.8 Å². The lowest BCUT2D eigenvalue weighted by molar-refractivity contribution is -0.155. The zero-order valence-electron chi connectivity index (χ0n) is 17.7. The average molecular weight is 393 g/mol. The number of rotatable bonds is 8. The number of ether oxygens (including phenoxy) is 2. The first-order chi connectivity index (χ1) is 13.7. The van der Waals surface area contributed by atoms with E-state index >= 15 is 0 Å². The second kappa shape index (κ2) is 11.8. The second-order valence-corrected chi connectivity index (χ2v) is 9.47. The number of esters is 2. The maximum absolute atomic E-state index is 12.3. The van der Waals surface area contributed by atoms with E-state index in [0.717, 1.165) is 50.4 Å². The van der Waals surface area contributed by atoms with Gasteiger partial charge < -0.3 is 9.47 Å². The third kappa shape index (κ3) is 7.08. The molecule has 0 N–H and O–H groups in total. The van der Waals surface area contributed by atoms with Crippen LogP contribution in [0.3, 0.4) is 0 Å². The predicted octanol–water partition coefficient (Wildman–Crippen LogP) is 5.82. The molecule has 0 aromatic rings. The number of carbonyl (C=O) groups is 2. The molecule has 0 radical (unpaired) electrons. The van der Waals surface area contributed by atoms with E-state index in [0.29, 0.717) is 13.2 Å². The summed E-state index contributed by atoms with van der Waals surface area (Å²) in [7, 11) is 0. The van der Waals surface area contributed by atoms with Gasteiger partial charge in [0.2, 0.25) is 0 Å². The van der Waals surface area contributed by atoms with E-state index in [2.05, 4.69) is 0 Å². The number of hydrogen-bond acceptors (Lipinski definition) is 4. The van der Waals surface area contributed by atoms with Gasteiger partial charge in [0.1, 0.15) is 0 Å². The standard InChI is InChI=1S/C24H40O4/c25-23(27-17-15-19-7-3-1-4-8-19)21-11-13-22(14-12-21)24(26)28-18-16-20-9-5-2-6-10-20/h19-22H,1-18H2. The van der Waals surface area contributed by atoms with Gasteiger partial charge in [-0.15, -0.1) is 0 Å². The minimum Gasteiger partial charge on any atom is -0.465 e. The smallest absolute Gasteiger partial charge is 0.308 e. The lowest BCUT2D eigenvalue weighted by Gasteiger charge is -2.27. The highest BCUT2D eigenvalue weighted by Gasteiger charge is 2.31. The number of hydrogen-bond donors (Lipinski definition) is 0. The molecule has 0 spiro atoms. The Morgan fingerprint density at radius 2 is 0.893 bits per heavy atom. The second-order valence-electron chi connectivity index (χ2n) is 9.47. The van der Waals surface area contributed by atoms with Crippen molar-refractivity contribution >= 4 is 11.9 Å². The molecule has 0 aromatic carbocycles. The maximum Gasteiger partial charge on any atom is 0.308 e. The molecule has 4 nitrogen and oxygen atoms in total. The van der Waals surface area contributed by atoms with Crippen LogP contribution in [0, 0.1) is 23.7 Å². The molecule has 0 aromatic heterocycles. The Balaban J connectivity index is 1.25. The van der Waals surface area contributed by atoms with Crippen LogP contribution in [0.4, 0.5) is 0 Å². The van der Waals surface area contributed by atoms with E-state index in [4.69, 9.17) is 9.47 Å². The lowest BCUT2D eigenvalue weighted by Crippen LogP contribution is -2.29. The van der Waals surface area contributed by atoms with E-state index in [1.807, 2.05) is 0 Å². The van der Waals surface area contributed by atoms with E-state index in [1.54, 1.807) is 0 Å². The van der Waals surface area contributed by atoms with Gasteiger partial charge in [-0.1, -0.05) is 64.2 Å². The summed E-state index contributed by atoms with van der Waals surface area (Å²) in [6, 6.07) is 0. The van der Waals surface area contributed by atoms with Crippen LogP contribution in [0.1, 0.15) is 103 Å². The van der Waals surface area contributed by atoms with E-state index in [1.165, 1.54) is 64.2 Å². The molecule has 160 valence electrons. The number of carbonyl (C=O) groups excluding carboxylic acids is 2. The van der Waals surface area contributed by atoms with Crippen LogP contribution in [0.5, 0.6) is 0 Å². The largest absolute Gasteiger partial charge is 0.465 e. The SMILES string of the molecule is O=C(OCCC1CCCCC1)C1CCC(C(=O)OCCC2CCCCC2)CC1. The van der Waals surface area contributed by atoms with Crippen LogP contribution in [0.2, 0.25) is 0 Å². The fourth-order valence-electron chi connectivity index (χ4n) is 5.40. The predicted molar refractivity (Wildman–Crippen MR) is 110 cm³/mol. The van der Waals surface area contributed by atoms with E-state index < -0.39 is 0 Å². The Morgan fingerprint density at radius 3 is 1.25 bits per heavy atom. The van der Waals surface area contributed by atoms with Crippen molar-refractivity contribution in [1.82, 2.24) is 0 Å². The Labute approximate surface area is 171 Å². The molecule has 0 amide bonds. The molecule has 4 heteroatoms. The fourth-order valence-corrected chi connectivity index (χ4v) is 5.40. The minimum atomic E-state index is -0.0417. The van der Waals surface area contributed by atoms with Gasteiger partial charge in [0.25, 0.3) is 0 Å². The molecule has 0 unspecified atom stereocenters. The molecule has 0 bridgehead atoms. The van der Waals surface area contributed by atoms with Gasteiger partial charge in [0.15, 0.2) is 0 Å². The highest BCUT2D eigenvalue weighted by Crippen LogP contribution is 2.32. The molecule has 3 aliphatic carbocycles. The van der Waals surface area contributed by atoms with Crippen molar-refractivity contribution in [2.24, 2.45) is 23.7 Å². The van der Waals surface area contributed by atoms with E-state index in [9.17, 15) is 9.59 Å². The molecular weight excluding hydrogens is 352 g/mol. The molecule has 0 heterocycles. The van der Waals surface area contributed by atoms with Crippen LogP contribution in [-0.2, 0) is 19.1 Å².